The average molecular weight is 222 g/mol. The molecule has 0 aromatic heterocycles. The topological polar surface area (TPSA) is 18.5 Å². The van der Waals surface area contributed by atoms with Crippen LogP contribution in [-0.2, 0) is 9.47 Å². The lowest BCUT2D eigenvalue weighted by molar-refractivity contribution is -0.116. The number of hydrogen-bond acceptors (Lipinski definition) is 2. The van der Waals surface area contributed by atoms with Crippen molar-refractivity contribution < 1.29 is 9.47 Å². The zero-order valence-electron chi connectivity index (χ0n) is 10.4. The molecule has 0 saturated heterocycles. The van der Waals surface area contributed by atoms with Gasteiger partial charge in [0.15, 0.2) is 0 Å². The summed E-state index contributed by atoms with van der Waals surface area (Å²) in [7, 11) is 0. The summed E-state index contributed by atoms with van der Waals surface area (Å²) in [6.07, 6.45) is 11.2. The fourth-order valence-corrected chi connectivity index (χ4v) is 2.09. The Bertz CT molecular complexity index is 263. The smallest absolute Gasteiger partial charge is 0.242 e. The lowest BCUT2D eigenvalue weighted by Crippen LogP contribution is -2.22. The quantitative estimate of drug-likeness (QED) is 0.651. The van der Waals surface area contributed by atoms with Crippen LogP contribution in [0.3, 0.4) is 0 Å². The number of hydrogen-bond donors (Lipinski definition) is 0. The number of allylic oxidation sites excluding steroid dienone is 4. The average Bonchev–Trinajstić information content (AvgIpc) is 2.88. The first-order valence-corrected chi connectivity index (χ1v) is 6.47. The predicted octanol–water partition coefficient (Wildman–Crippen LogP) is 4.14. The summed E-state index contributed by atoms with van der Waals surface area (Å²) < 4.78 is 11.9. The molecule has 0 aromatic carbocycles. The van der Waals surface area contributed by atoms with Crippen molar-refractivity contribution in [2.45, 2.75) is 58.7 Å². The molecule has 90 valence electrons. The Hall–Kier alpha value is -0.920. The van der Waals surface area contributed by atoms with Crippen molar-refractivity contribution in [3.8, 4) is 0 Å². The van der Waals surface area contributed by atoms with E-state index in [0.717, 1.165) is 37.2 Å². The van der Waals surface area contributed by atoms with Gasteiger partial charge in [-0.05, 0) is 37.8 Å². The second-order valence-electron chi connectivity index (χ2n) is 4.97. The van der Waals surface area contributed by atoms with Gasteiger partial charge in [0, 0.05) is 18.8 Å². The molecule has 2 nitrogen and oxygen atoms in total. The van der Waals surface area contributed by atoms with Gasteiger partial charge in [-0.2, -0.15) is 0 Å². The van der Waals surface area contributed by atoms with E-state index in [-0.39, 0.29) is 6.29 Å². The Labute approximate surface area is 98.3 Å². The van der Waals surface area contributed by atoms with E-state index in [1.165, 1.54) is 12.8 Å². The summed E-state index contributed by atoms with van der Waals surface area (Å²) in [5, 5.41) is 0. The molecule has 0 heterocycles. The van der Waals surface area contributed by atoms with E-state index in [4.69, 9.17) is 9.47 Å². The SMILES string of the molecule is CC(C)C(OC1=CCCC1)OC1=CCCC1. The van der Waals surface area contributed by atoms with Gasteiger partial charge in [0.2, 0.25) is 6.29 Å². The molecule has 0 aliphatic heterocycles. The molecule has 0 bridgehead atoms. The van der Waals surface area contributed by atoms with Gasteiger partial charge in [0.1, 0.15) is 0 Å². The molecule has 16 heavy (non-hydrogen) atoms. The normalized spacial score (nSPS) is 20.2. The molecule has 2 aliphatic carbocycles. The van der Waals surface area contributed by atoms with Crippen LogP contribution >= 0.6 is 0 Å². The molecular weight excluding hydrogens is 200 g/mol. The first-order chi connectivity index (χ1) is 7.75. The van der Waals surface area contributed by atoms with Gasteiger partial charge in [-0.3, -0.25) is 0 Å². The largest absolute Gasteiger partial charge is 0.459 e. The van der Waals surface area contributed by atoms with Crippen LogP contribution in [0.15, 0.2) is 23.7 Å². The fraction of sp³-hybridized carbons (Fsp3) is 0.714. The zero-order chi connectivity index (χ0) is 11.4. The highest BCUT2D eigenvalue weighted by Crippen LogP contribution is 2.27. The maximum atomic E-state index is 5.93. The van der Waals surface area contributed by atoms with E-state index in [9.17, 15) is 0 Å². The summed E-state index contributed by atoms with van der Waals surface area (Å²) >= 11 is 0. The second kappa shape index (κ2) is 5.42. The summed E-state index contributed by atoms with van der Waals surface area (Å²) in [6, 6.07) is 0. The summed E-state index contributed by atoms with van der Waals surface area (Å²) in [6.45, 7) is 4.30. The van der Waals surface area contributed by atoms with Crippen molar-refractivity contribution in [2.75, 3.05) is 0 Å². The van der Waals surface area contributed by atoms with Crippen molar-refractivity contribution in [1.82, 2.24) is 0 Å². The third kappa shape index (κ3) is 3.03. The standard InChI is InChI=1S/C14H22O2/c1-11(2)14(15-12-7-3-4-8-12)16-13-9-5-6-10-13/h7,9,11,14H,3-6,8,10H2,1-2H3. The van der Waals surface area contributed by atoms with Crippen LogP contribution in [0.2, 0.25) is 0 Å². The van der Waals surface area contributed by atoms with Gasteiger partial charge >= 0.3 is 0 Å². The fourth-order valence-electron chi connectivity index (χ4n) is 2.09. The molecule has 0 N–H and O–H groups in total. The number of rotatable bonds is 5. The minimum atomic E-state index is -0.103. The third-order valence-corrected chi connectivity index (χ3v) is 3.08. The van der Waals surface area contributed by atoms with Gasteiger partial charge in [-0.15, -0.1) is 0 Å². The van der Waals surface area contributed by atoms with Crippen LogP contribution in [0.4, 0.5) is 0 Å². The molecule has 0 fully saturated rings. The van der Waals surface area contributed by atoms with E-state index >= 15 is 0 Å². The molecule has 0 saturated carbocycles. The molecule has 2 aliphatic rings. The molecular formula is C14H22O2. The third-order valence-electron chi connectivity index (χ3n) is 3.08. The maximum absolute atomic E-state index is 5.93. The van der Waals surface area contributed by atoms with Gasteiger partial charge < -0.3 is 9.47 Å². The van der Waals surface area contributed by atoms with E-state index < -0.39 is 0 Å². The van der Waals surface area contributed by atoms with Crippen molar-refractivity contribution in [3.63, 3.8) is 0 Å². The highest BCUT2D eigenvalue weighted by atomic mass is 16.7. The first-order valence-electron chi connectivity index (χ1n) is 6.47. The number of ether oxygens (including phenoxy) is 2. The van der Waals surface area contributed by atoms with Gasteiger partial charge in [-0.1, -0.05) is 13.8 Å². The second-order valence-corrected chi connectivity index (χ2v) is 4.97. The minimum Gasteiger partial charge on any atom is -0.459 e. The highest BCUT2D eigenvalue weighted by molar-refractivity contribution is 5.02. The van der Waals surface area contributed by atoms with Crippen LogP contribution in [0.5, 0.6) is 0 Å². The predicted molar refractivity (Wildman–Crippen MR) is 64.7 cm³/mol. The zero-order valence-corrected chi connectivity index (χ0v) is 10.4. The van der Waals surface area contributed by atoms with Crippen LogP contribution in [-0.4, -0.2) is 6.29 Å². The van der Waals surface area contributed by atoms with Crippen LogP contribution in [0, 0.1) is 5.92 Å². The monoisotopic (exact) mass is 222 g/mol. The van der Waals surface area contributed by atoms with E-state index in [0.29, 0.717) is 5.92 Å². The van der Waals surface area contributed by atoms with Gasteiger partial charge in [0.25, 0.3) is 0 Å². The molecule has 0 aromatic rings. The molecule has 2 rings (SSSR count). The highest BCUT2D eigenvalue weighted by Gasteiger charge is 2.21. The summed E-state index contributed by atoms with van der Waals surface area (Å²) in [5.41, 5.74) is 0. The van der Waals surface area contributed by atoms with Gasteiger partial charge in [0.05, 0.1) is 11.5 Å². The minimum absolute atomic E-state index is 0.103. The lowest BCUT2D eigenvalue weighted by Gasteiger charge is -2.24. The van der Waals surface area contributed by atoms with Crippen molar-refractivity contribution >= 4 is 0 Å². The van der Waals surface area contributed by atoms with E-state index in [1.54, 1.807) is 0 Å². The Balaban J connectivity index is 1.88. The van der Waals surface area contributed by atoms with Crippen molar-refractivity contribution in [1.29, 1.82) is 0 Å². The molecule has 0 radical (unpaired) electrons. The van der Waals surface area contributed by atoms with Gasteiger partial charge in [-0.25, -0.2) is 0 Å². The summed E-state index contributed by atoms with van der Waals surface area (Å²) in [4.78, 5) is 0. The molecule has 0 spiro atoms. The van der Waals surface area contributed by atoms with E-state index in [2.05, 4.69) is 26.0 Å². The molecule has 0 amide bonds. The van der Waals surface area contributed by atoms with Crippen LogP contribution < -0.4 is 0 Å². The Morgan fingerprint density at radius 1 is 0.938 bits per heavy atom. The summed E-state index contributed by atoms with van der Waals surface area (Å²) in [5.74, 6) is 2.64. The van der Waals surface area contributed by atoms with Crippen LogP contribution in [0.1, 0.15) is 52.4 Å². The molecule has 2 heteroatoms. The molecule has 0 unspecified atom stereocenters. The van der Waals surface area contributed by atoms with Crippen molar-refractivity contribution in [3.05, 3.63) is 23.7 Å². The first kappa shape index (κ1) is 11.6. The van der Waals surface area contributed by atoms with E-state index in [1.807, 2.05) is 0 Å². The maximum Gasteiger partial charge on any atom is 0.242 e. The van der Waals surface area contributed by atoms with Crippen molar-refractivity contribution in [2.24, 2.45) is 5.92 Å². The Kier molecular flexibility index (Phi) is 3.92. The van der Waals surface area contributed by atoms with Crippen LogP contribution in [0.25, 0.3) is 0 Å². The molecule has 0 atom stereocenters. The Morgan fingerprint density at radius 2 is 1.44 bits per heavy atom. The Morgan fingerprint density at radius 3 is 1.75 bits per heavy atom. The lowest BCUT2D eigenvalue weighted by atomic mass is 10.2.